The Balaban J connectivity index is 7.04. The van der Waals surface area contributed by atoms with Gasteiger partial charge in [-0.1, -0.05) is 61.3 Å². The van der Waals surface area contributed by atoms with Gasteiger partial charge in [0.15, 0.2) is 0 Å². The molecule has 87 heavy (non-hydrogen) atoms. The molecule has 0 aromatic rings. The summed E-state index contributed by atoms with van der Waals surface area (Å²) >= 11 is 0. The van der Waals surface area contributed by atoms with Gasteiger partial charge in [0, 0.05) is 38.1 Å². The fraction of sp³-hybridized carbons (Fsp3) is 0.732. The summed E-state index contributed by atoms with van der Waals surface area (Å²) < 4.78 is 0. The Morgan fingerprint density at radius 3 is 0.977 bits per heavy atom. The summed E-state index contributed by atoms with van der Waals surface area (Å²) in [7, 11) is 0. The van der Waals surface area contributed by atoms with Gasteiger partial charge >= 0.3 is 23.9 Å². The van der Waals surface area contributed by atoms with Crippen molar-refractivity contribution in [2.45, 2.75) is 238 Å². The van der Waals surface area contributed by atoms with Crippen LogP contribution in [0.2, 0.25) is 0 Å². The number of hydrogen-bond donors (Lipinski definition) is 16. The van der Waals surface area contributed by atoms with E-state index in [-0.39, 0.29) is 68.9 Å². The Labute approximate surface area is 507 Å². The van der Waals surface area contributed by atoms with Crippen LogP contribution in [0.1, 0.15) is 178 Å². The Hall–Kier alpha value is -7.99. The van der Waals surface area contributed by atoms with Gasteiger partial charge in [-0.05, 0) is 102 Å². The molecule has 0 radical (unpaired) electrons. The quantitative estimate of drug-likeness (QED) is 0.0314. The Bertz CT molecular complexity index is 2350. The van der Waals surface area contributed by atoms with Crippen molar-refractivity contribution in [1.82, 2.24) is 53.2 Å². The number of carbonyl (C=O) groups is 15. The highest BCUT2D eigenvalue weighted by Gasteiger charge is 2.36. The van der Waals surface area contributed by atoms with E-state index in [0.29, 0.717) is 12.8 Å². The highest BCUT2D eigenvalue weighted by molar-refractivity contribution is 5.99. The minimum absolute atomic E-state index is 0.0153. The molecule has 0 aromatic carbocycles. The molecule has 0 unspecified atom stereocenters. The van der Waals surface area contributed by atoms with Gasteiger partial charge in [-0.3, -0.25) is 71.9 Å². The Morgan fingerprint density at radius 2 is 0.655 bits per heavy atom. The molecule has 0 aliphatic rings. The summed E-state index contributed by atoms with van der Waals surface area (Å²) in [6, 6.07) is -13.8. The fourth-order valence-electron chi connectivity index (χ4n) is 8.30. The largest absolute Gasteiger partial charge is 0.481 e. The van der Waals surface area contributed by atoms with Crippen LogP contribution in [0.15, 0.2) is 0 Å². The van der Waals surface area contributed by atoms with Crippen molar-refractivity contribution in [2.24, 2.45) is 29.2 Å². The fourth-order valence-corrected chi connectivity index (χ4v) is 8.30. The molecule has 494 valence electrons. The third-order valence-corrected chi connectivity index (χ3v) is 13.6. The van der Waals surface area contributed by atoms with Crippen molar-refractivity contribution in [3.63, 3.8) is 0 Å². The van der Waals surface area contributed by atoms with Gasteiger partial charge < -0.3 is 85.1 Å². The van der Waals surface area contributed by atoms with Gasteiger partial charge in [0.2, 0.25) is 65.0 Å². The number of hydrogen-bond acceptors (Lipinski definition) is 16. The second-order valence-electron chi connectivity index (χ2n) is 22.7. The molecule has 0 saturated carbocycles. The number of aliphatic carboxylic acids is 4. The van der Waals surface area contributed by atoms with E-state index in [1.165, 1.54) is 6.92 Å². The minimum Gasteiger partial charge on any atom is -0.481 e. The summed E-state index contributed by atoms with van der Waals surface area (Å²) in [6.45, 7) is 15.8. The molecule has 0 bridgehead atoms. The van der Waals surface area contributed by atoms with E-state index in [0.717, 1.165) is 0 Å². The number of carboxylic acids is 4. The summed E-state index contributed by atoms with van der Waals surface area (Å²) in [5.41, 5.74) is 11.2. The zero-order valence-electron chi connectivity index (χ0n) is 51.5. The van der Waals surface area contributed by atoms with Crippen molar-refractivity contribution < 1.29 is 92.3 Å². The number of carboxylic acid groups (broad SMARTS) is 4. The first kappa shape index (κ1) is 79.0. The molecule has 0 aliphatic heterocycles. The molecule has 0 spiro atoms. The van der Waals surface area contributed by atoms with Crippen LogP contribution in [-0.4, -0.2) is 176 Å². The summed E-state index contributed by atoms with van der Waals surface area (Å²) in [5, 5.41) is 62.6. The third-order valence-electron chi connectivity index (χ3n) is 13.6. The van der Waals surface area contributed by atoms with Crippen LogP contribution in [0, 0.1) is 17.8 Å². The van der Waals surface area contributed by atoms with Crippen molar-refractivity contribution in [1.29, 1.82) is 0 Å². The van der Waals surface area contributed by atoms with Gasteiger partial charge in [-0.15, -0.1) is 0 Å². The molecule has 0 rings (SSSR count). The van der Waals surface area contributed by atoms with E-state index in [1.807, 2.05) is 13.8 Å². The first-order valence-electron chi connectivity index (χ1n) is 29.5. The number of unbranched alkanes of at least 4 members (excludes halogenated alkanes) is 2. The molecule has 0 heterocycles. The summed E-state index contributed by atoms with van der Waals surface area (Å²) in [4.78, 5) is 196. The van der Waals surface area contributed by atoms with E-state index in [9.17, 15) is 87.2 Å². The molecule has 11 amide bonds. The minimum atomic E-state index is -1.82. The molecule has 0 aromatic heterocycles. The van der Waals surface area contributed by atoms with E-state index in [1.54, 1.807) is 41.5 Å². The van der Waals surface area contributed by atoms with Gasteiger partial charge in [0.25, 0.3) is 0 Å². The zero-order valence-corrected chi connectivity index (χ0v) is 51.5. The van der Waals surface area contributed by atoms with Crippen LogP contribution < -0.4 is 64.6 Å². The van der Waals surface area contributed by atoms with E-state index >= 15 is 0 Å². The highest BCUT2D eigenvalue weighted by Crippen LogP contribution is 2.14. The lowest BCUT2D eigenvalue weighted by molar-refractivity contribution is -0.140. The first-order chi connectivity index (χ1) is 40.6. The molecule has 0 saturated heterocycles. The Kier molecular flexibility index (Phi) is 38.1. The van der Waals surface area contributed by atoms with E-state index in [4.69, 9.17) is 16.6 Å². The second kappa shape index (κ2) is 42.0. The van der Waals surface area contributed by atoms with Crippen LogP contribution in [0.4, 0.5) is 0 Å². The predicted molar refractivity (Wildman–Crippen MR) is 313 cm³/mol. The van der Waals surface area contributed by atoms with Gasteiger partial charge in [-0.2, -0.15) is 0 Å². The Morgan fingerprint density at radius 1 is 0.345 bits per heavy atom. The normalized spacial score (nSPS) is 14.6. The number of rotatable bonds is 46. The molecular formula is C56H96N12O19. The van der Waals surface area contributed by atoms with Crippen molar-refractivity contribution in [3.8, 4) is 0 Å². The lowest BCUT2D eigenvalue weighted by atomic mass is 9.99. The average molecular weight is 1240 g/mol. The first-order valence-corrected chi connectivity index (χ1v) is 29.5. The SMILES string of the molecule is CCCC[C@H](NC(=O)[C@H](CCC(N)=O)NC(=O)[C@H](CCCCN)NC(=O)[C@@H](CC(C)C)NC(=O)[C@H](CC(C)C)NC(=O)CCC(=O)O)C(=O)N[C@@H](CCC(=O)O)C(=O)N[C@@H](CCC(=O)O)C(=O)N[C@@H](CCC(=O)O)C(=O)N[C@@H](C)C(=O)N[C@H](C)C(C)C. The van der Waals surface area contributed by atoms with Crippen LogP contribution in [0.5, 0.6) is 0 Å². The maximum Gasteiger partial charge on any atom is 0.303 e. The van der Waals surface area contributed by atoms with Gasteiger partial charge in [0.05, 0.1) is 6.42 Å². The van der Waals surface area contributed by atoms with Gasteiger partial charge in [0.1, 0.15) is 54.4 Å². The molecule has 31 heteroatoms. The zero-order chi connectivity index (χ0) is 66.7. The lowest BCUT2D eigenvalue weighted by Gasteiger charge is -2.28. The van der Waals surface area contributed by atoms with E-state index in [2.05, 4.69) is 53.2 Å². The standard InChI is InChI=1S/C56H96N12O19/c1-10-11-14-34(50(81)66-38(18-23-45(73)74)54(85)67-39(19-24-46(75)76)53(84)65-37(17-22-44(71)72)49(80)60-33(9)48(79)59-32(8)31(6)7)62-52(83)36(16-20-42(58)69)64-51(82)35(15-12-13-26-57)63-56(87)41(28-30(4)5)68-55(86)40(27-29(2)3)61-43(70)21-25-47(77)78/h29-41H,10-28,57H2,1-9H3,(H2,58,69)(H,59,79)(H,60,80)(H,61,70)(H,62,83)(H,63,87)(H,64,82)(H,65,84)(H,66,81)(H,67,85)(H,68,86)(H,71,72)(H,73,74)(H,75,76)(H,77,78)/t32-,33+,34+,35+,36+,37+,38+,39+,40+,41-/m1/s1. The number of nitrogens with one attached hydrogen (secondary N) is 10. The summed E-state index contributed by atoms with van der Waals surface area (Å²) in [6.07, 6.45) is -4.60. The smallest absolute Gasteiger partial charge is 0.303 e. The topological polar surface area (TPSA) is 509 Å². The van der Waals surface area contributed by atoms with Gasteiger partial charge in [-0.25, -0.2) is 0 Å². The predicted octanol–water partition coefficient (Wildman–Crippen LogP) is -1.33. The number of nitrogens with two attached hydrogens (primary N) is 2. The van der Waals surface area contributed by atoms with Crippen LogP contribution in [0.25, 0.3) is 0 Å². The van der Waals surface area contributed by atoms with Crippen molar-refractivity contribution in [3.05, 3.63) is 0 Å². The van der Waals surface area contributed by atoms with Crippen LogP contribution in [0.3, 0.4) is 0 Å². The molecule has 0 fully saturated rings. The lowest BCUT2D eigenvalue weighted by Crippen LogP contribution is -2.60. The number of primary amides is 1. The molecule has 10 atom stereocenters. The molecule has 31 nitrogen and oxygen atoms in total. The maximum absolute atomic E-state index is 14.3. The molecule has 18 N–H and O–H groups in total. The van der Waals surface area contributed by atoms with Crippen molar-refractivity contribution >= 4 is 88.9 Å². The van der Waals surface area contributed by atoms with Crippen LogP contribution in [-0.2, 0) is 71.9 Å². The average Bonchev–Trinajstić information content (AvgIpc) is 3.53. The maximum atomic E-state index is 14.3. The third kappa shape index (κ3) is 34.7. The van der Waals surface area contributed by atoms with E-state index < -0.39 is 207 Å². The molecular weight excluding hydrogens is 1140 g/mol. The number of amides is 11. The summed E-state index contributed by atoms with van der Waals surface area (Å²) in [5.74, 6) is -16.2. The highest BCUT2D eigenvalue weighted by atomic mass is 16.4. The molecule has 0 aliphatic carbocycles. The van der Waals surface area contributed by atoms with Crippen LogP contribution >= 0.6 is 0 Å². The van der Waals surface area contributed by atoms with Crippen molar-refractivity contribution in [2.75, 3.05) is 6.54 Å². The second-order valence-corrected chi connectivity index (χ2v) is 22.7. The monoisotopic (exact) mass is 1240 g/mol. The number of carbonyl (C=O) groups excluding carboxylic acids is 11.